The zero-order valence-corrected chi connectivity index (χ0v) is 11.6. The number of nitrogen functional groups attached to an aromatic ring is 1. The van der Waals surface area contributed by atoms with Crippen LogP contribution in [-0.2, 0) is 6.54 Å². The van der Waals surface area contributed by atoms with Crippen LogP contribution in [0, 0.1) is 0 Å². The van der Waals surface area contributed by atoms with Gasteiger partial charge in [-0.3, -0.25) is 0 Å². The molecule has 0 fully saturated rings. The second-order valence-electron chi connectivity index (χ2n) is 4.61. The van der Waals surface area contributed by atoms with Crippen molar-refractivity contribution in [3.05, 3.63) is 71.2 Å². The van der Waals surface area contributed by atoms with E-state index in [1.807, 2.05) is 60.7 Å². The van der Waals surface area contributed by atoms with Crippen LogP contribution in [0.3, 0.4) is 0 Å². The smallest absolute Gasteiger partial charge is 0.122 e. The third-order valence-electron chi connectivity index (χ3n) is 3.10. The van der Waals surface area contributed by atoms with Gasteiger partial charge in [-0.25, -0.2) is 4.68 Å². The maximum absolute atomic E-state index is 6.03. The first-order valence-electron chi connectivity index (χ1n) is 6.35. The molecule has 0 saturated heterocycles. The van der Waals surface area contributed by atoms with E-state index in [1.165, 1.54) is 0 Å². The normalized spacial score (nSPS) is 10.7. The highest BCUT2D eigenvalue weighted by Gasteiger charge is 2.07. The van der Waals surface area contributed by atoms with E-state index in [0.717, 1.165) is 21.8 Å². The average molecular weight is 284 g/mol. The second kappa shape index (κ2) is 5.39. The third kappa shape index (κ3) is 2.68. The molecule has 0 saturated carbocycles. The van der Waals surface area contributed by atoms with Gasteiger partial charge >= 0.3 is 0 Å². The van der Waals surface area contributed by atoms with Gasteiger partial charge in [0.2, 0.25) is 0 Å². The molecule has 20 heavy (non-hydrogen) atoms. The van der Waals surface area contributed by atoms with Gasteiger partial charge in [0.25, 0.3) is 0 Å². The van der Waals surface area contributed by atoms with Gasteiger partial charge in [0, 0.05) is 16.7 Å². The lowest BCUT2D eigenvalue weighted by Crippen LogP contribution is -2.05. The number of hydrogen-bond acceptors (Lipinski definition) is 2. The van der Waals surface area contributed by atoms with Crippen LogP contribution in [0.5, 0.6) is 0 Å². The summed E-state index contributed by atoms with van der Waals surface area (Å²) in [6.45, 7) is 0.610. The Balaban J connectivity index is 1.90. The van der Waals surface area contributed by atoms with Crippen LogP contribution < -0.4 is 5.73 Å². The molecular formula is C16H14ClN3. The number of anilines is 1. The molecule has 0 atom stereocenters. The van der Waals surface area contributed by atoms with E-state index in [-0.39, 0.29) is 0 Å². The van der Waals surface area contributed by atoms with Crippen LogP contribution in [0.2, 0.25) is 5.02 Å². The largest absolute Gasteiger partial charge is 0.384 e. The van der Waals surface area contributed by atoms with E-state index >= 15 is 0 Å². The topological polar surface area (TPSA) is 43.8 Å². The second-order valence-corrected chi connectivity index (χ2v) is 5.04. The Morgan fingerprint density at radius 3 is 2.55 bits per heavy atom. The minimum absolute atomic E-state index is 0.610. The zero-order valence-electron chi connectivity index (χ0n) is 10.8. The summed E-state index contributed by atoms with van der Waals surface area (Å²) in [5.41, 5.74) is 9.05. The molecule has 2 N–H and O–H groups in total. The van der Waals surface area contributed by atoms with E-state index in [0.29, 0.717) is 12.4 Å². The van der Waals surface area contributed by atoms with Crippen molar-refractivity contribution in [2.75, 3.05) is 5.73 Å². The van der Waals surface area contributed by atoms with Crippen molar-refractivity contribution in [2.45, 2.75) is 6.54 Å². The fourth-order valence-electron chi connectivity index (χ4n) is 2.12. The van der Waals surface area contributed by atoms with Crippen molar-refractivity contribution in [1.29, 1.82) is 0 Å². The molecule has 2 aromatic carbocycles. The van der Waals surface area contributed by atoms with Crippen molar-refractivity contribution in [2.24, 2.45) is 0 Å². The highest BCUT2D eigenvalue weighted by Crippen LogP contribution is 2.21. The van der Waals surface area contributed by atoms with E-state index in [4.69, 9.17) is 17.3 Å². The summed E-state index contributed by atoms with van der Waals surface area (Å²) in [5, 5.41) is 5.27. The molecule has 0 aliphatic rings. The summed E-state index contributed by atoms with van der Waals surface area (Å²) < 4.78 is 1.79. The molecule has 1 aromatic heterocycles. The van der Waals surface area contributed by atoms with E-state index in [2.05, 4.69) is 5.10 Å². The first-order valence-corrected chi connectivity index (χ1v) is 6.73. The van der Waals surface area contributed by atoms with Gasteiger partial charge in [0.1, 0.15) is 5.82 Å². The van der Waals surface area contributed by atoms with Crippen molar-refractivity contribution >= 4 is 17.4 Å². The van der Waals surface area contributed by atoms with Gasteiger partial charge in [-0.2, -0.15) is 5.10 Å². The van der Waals surface area contributed by atoms with Gasteiger partial charge in [-0.1, -0.05) is 54.1 Å². The number of aromatic nitrogens is 2. The van der Waals surface area contributed by atoms with Gasteiger partial charge in [0.05, 0.1) is 12.2 Å². The minimum atomic E-state index is 0.610. The lowest BCUT2D eigenvalue weighted by atomic mass is 10.2. The van der Waals surface area contributed by atoms with Crippen LogP contribution in [0.1, 0.15) is 5.56 Å². The number of rotatable bonds is 3. The highest BCUT2D eigenvalue weighted by molar-refractivity contribution is 6.30. The van der Waals surface area contributed by atoms with Crippen LogP contribution in [0.25, 0.3) is 11.3 Å². The first kappa shape index (κ1) is 12.8. The van der Waals surface area contributed by atoms with Crippen molar-refractivity contribution in [1.82, 2.24) is 9.78 Å². The standard InChI is InChI=1S/C16H14ClN3/c17-14-8-4-5-12(9-14)11-20-16(18)10-15(19-20)13-6-2-1-3-7-13/h1-10H,11,18H2. The molecule has 0 bridgehead atoms. The van der Waals surface area contributed by atoms with Crippen LogP contribution in [-0.4, -0.2) is 9.78 Å². The number of hydrogen-bond donors (Lipinski definition) is 1. The molecule has 0 radical (unpaired) electrons. The van der Waals surface area contributed by atoms with E-state index in [1.54, 1.807) is 4.68 Å². The van der Waals surface area contributed by atoms with Crippen LogP contribution in [0.15, 0.2) is 60.7 Å². The Bertz CT molecular complexity index is 720. The van der Waals surface area contributed by atoms with Gasteiger partial charge in [-0.05, 0) is 17.7 Å². The molecule has 0 amide bonds. The molecule has 0 spiro atoms. The SMILES string of the molecule is Nc1cc(-c2ccccc2)nn1Cc1cccc(Cl)c1. The summed E-state index contributed by atoms with van der Waals surface area (Å²) in [6, 6.07) is 19.6. The fourth-order valence-corrected chi connectivity index (χ4v) is 2.33. The molecule has 3 rings (SSSR count). The van der Waals surface area contributed by atoms with Crippen molar-refractivity contribution < 1.29 is 0 Å². The summed E-state index contributed by atoms with van der Waals surface area (Å²) in [6.07, 6.45) is 0. The van der Waals surface area contributed by atoms with Gasteiger partial charge < -0.3 is 5.73 Å². The Hall–Kier alpha value is -2.26. The quantitative estimate of drug-likeness (QED) is 0.794. The number of halogens is 1. The molecule has 3 nitrogen and oxygen atoms in total. The molecule has 0 unspecified atom stereocenters. The lowest BCUT2D eigenvalue weighted by molar-refractivity contribution is 0.700. The van der Waals surface area contributed by atoms with Crippen LogP contribution >= 0.6 is 11.6 Å². The molecular weight excluding hydrogens is 270 g/mol. The summed E-state index contributed by atoms with van der Waals surface area (Å²) in [4.78, 5) is 0. The molecule has 3 aromatic rings. The molecule has 1 heterocycles. The maximum Gasteiger partial charge on any atom is 0.122 e. The summed E-state index contributed by atoms with van der Waals surface area (Å²) >= 11 is 5.99. The molecule has 4 heteroatoms. The average Bonchev–Trinajstić information content (AvgIpc) is 2.81. The number of nitrogens with two attached hydrogens (primary N) is 1. The van der Waals surface area contributed by atoms with Gasteiger partial charge in [-0.15, -0.1) is 0 Å². The number of nitrogens with zero attached hydrogens (tertiary/aromatic N) is 2. The Morgan fingerprint density at radius 1 is 1.00 bits per heavy atom. The summed E-state index contributed by atoms with van der Waals surface area (Å²) in [5.74, 6) is 0.642. The maximum atomic E-state index is 6.03. The van der Waals surface area contributed by atoms with Gasteiger partial charge in [0.15, 0.2) is 0 Å². The highest BCUT2D eigenvalue weighted by atomic mass is 35.5. The Kier molecular flexibility index (Phi) is 3.44. The Morgan fingerprint density at radius 2 is 1.80 bits per heavy atom. The van der Waals surface area contributed by atoms with Crippen molar-refractivity contribution in [3.63, 3.8) is 0 Å². The molecule has 100 valence electrons. The Labute approximate surface area is 122 Å². The lowest BCUT2D eigenvalue weighted by Gasteiger charge is -2.04. The molecule has 0 aliphatic heterocycles. The third-order valence-corrected chi connectivity index (χ3v) is 3.34. The zero-order chi connectivity index (χ0) is 13.9. The summed E-state index contributed by atoms with van der Waals surface area (Å²) in [7, 11) is 0. The molecule has 0 aliphatic carbocycles. The monoisotopic (exact) mass is 283 g/mol. The van der Waals surface area contributed by atoms with Crippen LogP contribution in [0.4, 0.5) is 5.82 Å². The van der Waals surface area contributed by atoms with E-state index < -0.39 is 0 Å². The van der Waals surface area contributed by atoms with Crippen molar-refractivity contribution in [3.8, 4) is 11.3 Å². The minimum Gasteiger partial charge on any atom is -0.384 e. The first-order chi connectivity index (χ1) is 9.72. The fraction of sp³-hybridized carbons (Fsp3) is 0.0625. The predicted molar refractivity (Wildman–Crippen MR) is 82.6 cm³/mol. The number of benzene rings is 2. The van der Waals surface area contributed by atoms with E-state index in [9.17, 15) is 0 Å². The predicted octanol–water partition coefficient (Wildman–Crippen LogP) is 3.83.